The molecular weight excluding hydrogens is 576 g/mol. The van der Waals surface area contributed by atoms with Crippen LogP contribution in [0.3, 0.4) is 0 Å². The Morgan fingerprint density at radius 2 is 2.04 bits per heavy atom. The quantitative estimate of drug-likeness (QED) is 0.155. The van der Waals surface area contributed by atoms with Gasteiger partial charge in [0.1, 0.15) is 12.2 Å². The van der Waals surface area contributed by atoms with Crippen molar-refractivity contribution in [3.8, 4) is 11.5 Å². The lowest BCUT2D eigenvalue weighted by atomic mass is 9.66. The minimum Gasteiger partial charge on any atom is -0.592 e. The van der Waals surface area contributed by atoms with Crippen molar-refractivity contribution in [3.63, 3.8) is 0 Å². The van der Waals surface area contributed by atoms with Crippen molar-refractivity contribution in [1.82, 2.24) is 5.32 Å². The van der Waals surface area contributed by atoms with E-state index in [4.69, 9.17) is 14.5 Å². The summed E-state index contributed by atoms with van der Waals surface area (Å²) in [5.74, 6) is 4.48. The van der Waals surface area contributed by atoms with Gasteiger partial charge in [-0.3, -0.25) is 0 Å². The number of aliphatic hydroxyl groups is 2. The average molecular weight is 633 g/mol. The van der Waals surface area contributed by atoms with Crippen LogP contribution in [-0.2, 0) is 11.2 Å². The molecule has 7 nitrogen and oxygen atoms in total. The van der Waals surface area contributed by atoms with Crippen LogP contribution in [-0.4, -0.2) is 59.5 Å². The largest absolute Gasteiger partial charge is 0.592 e. The molecule has 3 saturated carbocycles. The summed E-state index contributed by atoms with van der Waals surface area (Å²) >= 11 is 0. The Morgan fingerprint density at radius 3 is 2.83 bits per heavy atom. The van der Waals surface area contributed by atoms with Gasteiger partial charge >= 0.3 is 0 Å². The molecule has 1 spiro atoms. The molecule has 0 aromatic heterocycles. The molecule has 6 rings (SSSR count). The summed E-state index contributed by atoms with van der Waals surface area (Å²) in [7, 11) is 0. The molecule has 0 radical (unpaired) electrons. The number of aryl methyl sites for hydroxylation is 1. The summed E-state index contributed by atoms with van der Waals surface area (Å²) < 4.78 is 12.3. The lowest BCUT2D eigenvalue weighted by molar-refractivity contribution is 0.115. The molecule has 3 aliphatic carbocycles. The van der Waals surface area contributed by atoms with Crippen molar-refractivity contribution >= 4 is 5.71 Å². The van der Waals surface area contributed by atoms with Gasteiger partial charge in [0, 0.05) is 25.8 Å². The summed E-state index contributed by atoms with van der Waals surface area (Å²) in [4.78, 5) is 5.27. The van der Waals surface area contributed by atoms with E-state index in [9.17, 15) is 15.3 Å². The van der Waals surface area contributed by atoms with Gasteiger partial charge in [-0.1, -0.05) is 57.3 Å². The molecule has 46 heavy (non-hydrogen) atoms. The molecule has 1 aromatic rings. The number of aromatic hydroxyl groups is 1. The van der Waals surface area contributed by atoms with Crippen LogP contribution >= 0.6 is 0 Å². The zero-order chi connectivity index (χ0) is 32.1. The Bertz CT molecular complexity index is 1260. The molecule has 2 heterocycles. The number of allylic oxidation sites excluding steroid dienone is 1. The number of rotatable bonds is 15. The van der Waals surface area contributed by atoms with Crippen LogP contribution in [0.15, 0.2) is 46.7 Å². The number of phenolic OH excluding ortho intramolecular Hbond substituents is 1. The average Bonchev–Trinajstić information content (AvgIpc) is 3.85. The standard InChI is InChI=1S/C39H56N2O5/c1-3-4-10-37-28(25-42)20-30(46-37)13-11-27-12-14-36(44)38(19-27)45-18-15-29-21-32-33(24-40-23-26(2)43)31-8-7-9-34(31)39(16-5-6-17-39)22-35(32)41-29/h12,14,19-21,26,31,33-34,37,40,42-44H,3-11,13,15-18,22-25H2,1-2H3/t26-,31+,33-,34+,37?/m0/s1. The van der Waals surface area contributed by atoms with Crippen LogP contribution in [0.4, 0.5) is 0 Å². The third kappa shape index (κ3) is 7.42. The van der Waals surface area contributed by atoms with E-state index in [2.05, 4.69) is 18.3 Å². The number of nitrogens with one attached hydrogen (secondary N) is 1. The van der Waals surface area contributed by atoms with E-state index in [1.165, 1.54) is 56.2 Å². The predicted molar refractivity (Wildman–Crippen MR) is 183 cm³/mol. The Balaban J connectivity index is 1.08. The summed E-state index contributed by atoms with van der Waals surface area (Å²) in [6, 6.07) is 6.69. The van der Waals surface area contributed by atoms with Gasteiger partial charge < -0.3 is 30.1 Å². The predicted octanol–water partition coefficient (Wildman–Crippen LogP) is 7.01. The van der Waals surface area contributed by atoms with E-state index in [0.717, 1.165) is 74.3 Å². The summed E-state index contributed by atoms with van der Waals surface area (Å²) in [6.45, 7) is 6.04. The molecule has 1 aromatic carbocycles. The number of benzene rings is 1. The SMILES string of the molecule is CCCCC1OC(CCc2ccc(O)c(OCC[C+]3C=C4C(=N3)CC3(CCCC3)[C@@H]3CCC[C@@H]3[C@@H]4CNC[C@H](C)O)c2)=C[C-]1CO. The maximum absolute atomic E-state index is 10.6. The molecule has 0 saturated heterocycles. The number of aliphatic hydroxyl groups excluding tert-OH is 2. The van der Waals surface area contributed by atoms with Crippen LogP contribution in [0.25, 0.3) is 0 Å². The lowest BCUT2D eigenvalue weighted by Gasteiger charge is -2.37. The van der Waals surface area contributed by atoms with Crippen molar-refractivity contribution < 1.29 is 24.8 Å². The number of aliphatic imine (C=N–C) groups is 1. The number of hydrogen-bond donors (Lipinski definition) is 4. The smallest absolute Gasteiger partial charge is 0.190 e. The maximum atomic E-state index is 10.6. The third-order valence-corrected chi connectivity index (χ3v) is 11.5. The van der Waals surface area contributed by atoms with E-state index >= 15 is 0 Å². The molecule has 1 unspecified atom stereocenters. The fourth-order valence-electron chi connectivity index (χ4n) is 9.25. The zero-order valence-corrected chi connectivity index (χ0v) is 28.1. The molecule has 0 amide bonds. The Hall–Kier alpha value is -2.61. The summed E-state index contributed by atoms with van der Waals surface area (Å²) in [5, 5.41) is 33.9. The fraction of sp³-hybridized carbons (Fsp3) is 0.667. The van der Waals surface area contributed by atoms with Gasteiger partial charge in [0.15, 0.2) is 23.3 Å². The third-order valence-electron chi connectivity index (χ3n) is 11.5. The van der Waals surface area contributed by atoms with Gasteiger partial charge in [-0.05, 0) is 80.4 Å². The highest BCUT2D eigenvalue weighted by atomic mass is 16.5. The van der Waals surface area contributed by atoms with Gasteiger partial charge in [-0.2, -0.15) is 12.0 Å². The number of unbranched alkanes of at least 4 members (excludes halogenated alkanes) is 1. The summed E-state index contributed by atoms with van der Waals surface area (Å²) in [5.41, 5.74) is 4.23. The van der Waals surface area contributed by atoms with E-state index in [1.807, 2.05) is 25.1 Å². The van der Waals surface area contributed by atoms with Crippen LogP contribution in [0.1, 0.15) is 103 Å². The number of fused-ring (bicyclic) bond motifs is 3. The first-order valence-electron chi connectivity index (χ1n) is 18.2. The molecule has 4 N–H and O–H groups in total. The second-order valence-corrected chi connectivity index (χ2v) is 14.7. The number of ether oxygens (including phenoxy) is 2. The van der Waals surface area contributed by atoms with Crippen molar-refractivity contribution in [2.45, 2.75) is 116 Å². The van der Waals surface area contributed by atoms with Crippen molar-refractivity contribution in [1.29, 1.82) is 0 Å². The second-order valence-electron chi connectivity index (χ2n) is 14.7. The van der Waals surface area contributed by atoms with Crippen LogP contribution in [0.2, 0.25) is 0 Å². The Kier molecular flexibility index (Phi) is 10.9. The van der Waals surface area contributed by atoms with Gasteiger partial charge in [0.2, 0.25) is 0 Å². The molecule has 5 atom stereocenters. The molecular formula is C39H56N2O5. The molecule has 0 bridgehead atoms. The van der Waals surface area contributed by atoms with Crippen molar-refractivity contribution in [2.24, 2.45) is 28.2 Å². The second kappa shape index (κ2) is 15.1. The Morgan fingerprint density at radius 1 is 1.20 bits per heavy atom. The van der Waals surface area contributed by atoms with E-state index in [1.54, 1.807) is 6.07 Å². The Labute approximate surface area is 276 Å². The van der Waals surface area contributed by atoms with Crippen molar-refractivity contribution in [3.05, 3.63) is 59.2 Å². The normalized spacial score (nSPS) is 27.2. The van der Waals surface area contributed by atoms with E-state index in [-0.39, 0.29) is 24.6 Å². The minimum absolute atomic E-state index is 0.00225. The highest BCUT2D eigenvalue weighted by Crippen LogP contribution is 2.60. The number of hydrogen-bond acceptors (Lipinski definition) is 7. The van der Waals surface area contributed by atoms with E-state index in [0.29, 0.717) is 42.6 Å². The van der Waals surface area contributed by atoms with Crippen molar-refractivity contribution in [2.75, 3.05) is 26.3 Å². The monoisotopic (exact) mass is 632 g/mol. The fourth-order valence-corrected chi connectivity index (χ4v) is 9.25. The van der Waals surface area contributed by atoms with E-state index < -0.39 is 0 Å². The first-order chi connectivity index (χ1) is 22.4. The highest BCUT2D eigenvalue weighted by Gasteiger charge is 2.56. The van der Waals surface area contributed by atoms with Gasteiger partial charge in [0.25, 0.3) is 0 Å². The van der Waals surface area contributed by atoms with Crippen LogP contribution < -0.4 is 10.1 Å². The molecule has 2 aliphatic heterocycles. The van der Waals surface area contributed by atoms with Crippen LogP contribution in [0.5, 0.6) is 11.5 Å². The van der Waals surface area contributed by atoms with Gasteiger partial charge in [-0.15, -0.1) is 4.99 Å². The molecule has 5 aliphatic rings. The summed E-state index contributed by atoms with van der Waals surface area (Å²) in [6.07, 6.45) is 19.8. The molecule has 3 fully saturated rings. The number of nitrogens with zero attached hydrogens (tertiary/aromatic N) is 1. The highest BCUT2D eigenvalue weighted by molar-refractivity contribution is 6.04. The zero-order valence-electron chi connectivity index (χ0n) is 28.1. The van der Waals surface area contributed by atoms with Gasteiger partial charge in [-0.25, -0.2) is 0 Å². The first-order valence-corrected chi connectivity index (χ1v) is 18.2. The lowest BCUT2D eigenvalue weighted by Crippen LogP contribution is -2.36. The topological polar surface area (TPSA) is 104 Å². The first kappa shape index (κ1) is 33.3. The maximum Gasteiger partial charge on any atom is 0.190 e. The minimum atomic E-state index is -0.347. The molecule has 7 heteroatoms. The molecule has 252 valence electrons. The number of phenols is 1. The van der Waals surface area contributed by atoms with Gasteiger partial charge in [0.05, 0.1) is 30.9 Å². The van der Waals surface area contributed by atoms with Crippen LogP contribution in [0, 0.1) is 35.1 Å².